The van der Waals surface area contributed by atoms with E-state index in [1.165, 1.54) is 28.6 Å². The monoisotopic (exact) mass is 332 g/mol. The molecule has 23 heavy (non-hydrogen) atoms. The molecule has 1 aliphatic rings. The van der Waals surface area contributed by atoms with Gasteiger partial charge in [0.05, 0.1) is 21.4 Å². The van der Waals surface area contributed by atoms with Crippen LogP contribution in [0.3, 0.4) is 0 Å². The van der Waals surface area contributed by atoms with E-state index in [-0.39, 0.29) is 16.6 Å². The van der Waals surface area contributed by atoms with Crippen molar-refractivity contribution >= 4 is 15.7 Å². The van der Waals surface area contributed by atoms with Gasteiger partial charge in [-0.2, -0.15) is 4.31 Å². The number of hydrogen-bond donors (Lipinski definition) is 0. The lowest BCUT2D eigenvalue weighted by Gasteiger charge is -2.08. The highest BCUT2D eigenvalue weighted by Crippen LogP contribution is 2.56. The summed E-state index contributed by atoms with van der Waals surface area (Å²) in [6, 6.07) is 14.2. The molecule has 0 aliphatic carbocycles. The average molecular weight is 332 g/mol. The summed E-state index contributed by atoms with van der Waals surface area (Å²) in [5.41, 5.74) is 0.277. The minimum absolute atomic E-state index is 0.0645. The molecule has 7 heteroatoms. The maximum atomic E-state index is 12.8. The van der Waals surface area contributed by atoms with Gasteiger partial charge < -0.3 is 0 Å². The van der Waals surface area contributed by atoms with Gasteiger partial charge >= 0.3 is 0 Å². The molecule has 0 saturated carbocycles. The van der Waals surface area contributed by atoms with Crippen LogP contribution in [0.1, 0.15) is 25.5 Å². The van der Waals surface area contributed by atoms with E-state index in [1.807, 2.05) is 44.2 Å². The average Bonchev–Trinajstić information content (AvgIpc) is 3.12. The van der Waals surface area contributed by atoms with Crippen LogP contribution in [0.5, 0.6) is 0 Å². The van der Waals surface area contributed by atoms with Crippen molar-refractivity contribution in [3.63, 3.8) is 0 Å². The van der Waals surface area contributed by atoms with E-state index < -0.39 is 20.5 Å². The van der Waals surface area contributed by atoms with E-state index in [2.05, 4.69) is 0 Å². The first-order chi connectivity index (χ1) is 10.8. The smallest absolute Gasteiger partial charge is 0.258 e. The zero-order valence-electron chi connectivity index (χ0n) is 12.7. The molecule has 0 N–H and O–H groups in total. The third-order valence-electron chi connectivity index (χ3n) is 4.12. The molecule has 6 nitrogen and oxygen atoms in total. The van der Waals surface area contributed by atoms with Crippen LogP contribution in [0.2, 0.25) is 0 Å². The van der Waals surface area contributed by atoms with Gasteiger partial charge in [-0.05, 0) is 31.5 Å². The maximum Gasteiger partial charge on any atom is 0.269 e. The van der Waals surface area contributed by atoms with Crippen LogP contribution in [0, 0.1) is 10.1 Å². The van der Waals surface area contributed by atoms with Crippen LogP contribution in [-0.2, 0) is 10.0 Å². The lowest BCUT2D eigenvalue weighted by atomic mass is 10.0. The Bertz CT molecular complexity index is 845. The minimum Gasteiger partial charge on any atom is -0.258 e. The van der Waals surface area contributed by atoms with Gasteiger partial charge in [0.15, 0.2) is 0 Å². The number of nitro benzene ring substituents is 1. The summed E-state index contributed by atoms with van der Waals surface area (Å²) in [7, 11) is -3.70. The predicted octanol–water partition coefficient (Wildman–Crippen LogP) is 3.12. The van der Waals surface area contributed by atoms with Crippen molar-refractivity contribution in [2.75, 3.05) is 0 Å². The highest BCUT2D eigenvalue weighted by Gasteiger charge is 2.62. The summed E-state index contributed by atoms with van der Waals surface area (Å²) in [6.07, 6.45) is 0. The van der Waals surface area contributed by atoms with Crippen molar-refractivity contribution < 1.29 is 13.3 Å². The van der Waals surface area contributed by atoms with Crippen molar-refractivity contribution in [2.45, 2.75) is 30.3 Å². The Labute approximate surface area is 134 Å². The van der Waals surface area contributed by atoms with Gasteiger partial charge in [0.25, 0.3) is 5.69 Å². The topological polar surface area (TPSA) is 80.3 Å². The van der Waals surface area contributed by atoms with E-state index >= 15 is 0 Å². The van der Waals surface area contributed by atoms with Crippen molar-refractivity contribution in [1.29, 1.82) is 0 Å². The Kier molecular flexibility index (Phi) is 3.50. The molecular formula is C16H16N2O4S. The van der Waals surface area contributed by atoms with Crippen LogP contribution in [-0.4, -0.2) is 23.2 Å². The first kappa shape index (κ1) is 15.6. The Morgan fingerprint density at radius 3 is 2.13 bits per heavy atom. The van der Waals surface area contributed by atoms with Crippen molar-refractivity contribution in [3.05, 3.63) is 70.3 Å². The lowest BCUT2D eigenvalue weighted by Crippen LogP contribution is -2.18. The third-order valence-corrected chi connectivity index (χ3v) is 6.19. The molecule has 1 heterocycles. The standard InChI is InChI=1S/C16H16N2O4S/c1-16(2)15(12-6-4-3-5-7-12)17(16)23(21,22)14-10-8-13(9-11-14)18(19)20/h3-11,15H,1-2H3. The highest BCUT2D eigenvalue weighted by molar-refractivity contribution is 7.89. The van der Waals surface area contributed by atoms with Gasteiger partial charge in [-0.3, -0.25) is 10.1 Å². The van der Waals surface area contributed by atoms with E-state index in [9.17, 15) is 18.5 Å². The summed E-state index contributed by atoms with van der Waals surface area (Å²) in [5.74, 6) is 0. The minimum atomic E-state index is -3.70. The van der Waals surface area contributed by atoms with Crippen LogP contribution in [0.25, 0.3) is 0 Å². The lowest BCUT2D eigenvalue weighted by molar-refractivity contribution is -0.384. The van der Waals surface area contributed by atoms with E-state index in [0.717, 1.165) is 5.56 Å². The van der Waals surface area contributed by atoms with Crippen LogP contribution in [0.15, 0.2) is 59.5 Å². The normalized spacial score (nSPS) is 22.5. The Hall–Kier alpha value is -2.25. The molecule has 0 bridgehead atoms. The highest BCUT2D eigenvalue weighted by atomic mass is 32.2. The molecule has 1 saturated heterocycles. The summed E-state index contributed by atoms with van der Waals surface area (Å²) >= 11 is 0. The molecule has 0 aromatic heterocycles. The fourth-order valence-corrected chi connectivity index (χ4v) is 4.97. The van der Waals surface area contributed by atoms with E-state index in [1.54, 1.807) is 0 Å². The van der Waals surface area contributed by atoms with Gasteiger partial charge in [-0.15, -0.1) is 0 Å². The summed E-state index contributed by atoms with van der Waals surface area (Å²) < 4.78 is 27.1. The molecule has 0 amide bonds. The van der Waals surface area contributed by atoms with E-state index in [0.29, 0.717) is 0 Å². The molecule has 1 fully saturated rings. The van der Waals surface area contributed by atoms with Gasteiger partial charge in [-0.25, -0.2) is 8.42 Å². The second kappa shape index (κ2) is 5.14. The Balaban J connectivity index is 1.96. The molecule has 2 unspecified atom stereocenters. The fourth-order valence-electron chi connectivity index (χ4n) is 2.93. The number of non-ortho nitro benzene ring substituents is 1. The molecule has 2 aromatic carbocycles. The Morgan fingerprint density at radius 1 is 1.04 bits per heavy atom. The third kappa shape index (κ3) is 2.51. The zero-order chi connectivity index (χ0) is 16.8. The van der Waals surface area contributed by atoms with Crippen molar-refractivity contribution in [1.82, 2.24) is 4.31 Å². The van der Waals surface area contributed by atoms with Gasteiger partial charge in [0, 0.05) is 12.1 Å². The molecule has 2 atom stereocenters. The molecule has 0 radical (unpaired) electrons. The number of sulfonamides is 1. The molecule has 2 aromatic rings. The molecule has 120 valence electrons. The second-order valence-electron chi connectivity index (χ2n) is 6.02. The predicted molar refractivity (Wildman–Crippen MR) is 85.4 cm³/mol. The maximum absolute atomic E-state index is 12.8. The van der Waals surface area contributed by atoms with Crippen LogP contribution >= 0.6 is 0 Å². The van der Waals surface area contributed by atoms with Crippen molar-refractivity contribution in [3.8, 4) is 0 Å². The fraction of sp³-hybridized carbons (Fsp3) is 0.250. The second-order valence-corrected chi connectivity index (χ2v) is 7.83. The number of rotatable bonds is 4. The summed E-state index contributed by atoms with van der Waals surface area (Å²) in [4.78, 5) is 10.2. The number of nitrogens with zero attached hydrogens (tertiary/aromatic N) is 2. The van der Waals surface area contributed by atoms with E-state index in [4.69, 9.17) is 0 Å². The van der Waals surface area contributed by atoms with Gasteiger partial charge in [0.1, 0.15) is 0 Å². The Morgan fingerprint density at radius 2 is 1.61 bits per heavy atom. The summed E-state index contributed by atoms with van der Waals surface area (Å²) in [6.45, 7) is 3.74. The first-order valence-corrected chi connectivity index (χ1v) is 8.54. The zero-order valence-corrected chi connectivity index (χ0v) is 13.5. The quantitative estimate of drug-likeness (QED) is 0.489. The van der Waals surface area contributed by atoms with Gasteiger partial charge in [-0.1, -0.05) is 30.3 Å². The molecule has 3 rings (SSSR count). The van der Waals surface area contributed by atoms with Crippen LogP contribution < -0.4 is 0 Å². The molecular weight excluding hydrogens is 316 g/mol. The molecule has 1 aliphatic heterocycles. The number of benzene rings is 2. The summed E-state index contributed by atoms with van der Waals surface area (Å²) in [5, 5.41) is 10.7. The first-order valence-electron chi connectivity index (χ1n) is 7.10. The molecule has 0 spiro atoms. The number of nitro groups is 1. The van der Waals surface area contributed by atoms with Crippen LogP contribution in [0.4, 0.5) is 5.69 Å². The van der Waals surface area contributed by atoms with Gasteiger partial charge in [0.2, 0.25) is 10.0 Å². The largest absolute Gasteiger partial charge is 0.269 e. The SMILES string of the molecule is CC1(C)C(c2ccccc2)N1S(=O)(=O)c1ccc([N+](=O)[O-])cc1. The number of hydrogen-bond acceptors (Lipinski definition) is 4. The van der Waals surface area contributed by atoms with Crippen molar-refractivity contribution in [2.24, 2.45) is 0 Å².